The summed E-state index contributed by atoms with van der Waals surface area (Å²) in [5.41, 5.74) is 2.08. The first-order valence-electron chi connectivity index (χ1n) is 9.07. The third-order valence-corrected chi connectivity index (χ3v) is 4.81. The molecule has 1 aliphatic heterocycles. The number of benzene rings is 1. The minimum Gasteiger partial charge on any atom is -0.461 e. The molecular formula is C21H21N3O3. The molecule has 6 heteroatoms. The molecule has 4 rings (SSSR count). The molecule has 1 aliphatic rings. The van der Waals surface area contributed by atoms with Gasteiger partial charge in [0.05, 0.1) is 5.56 Å². The van der Waals surface area contributed by atoms with E-state index in [9.17, 15) is 9.59 Å². The zero-order chi connectivity index (χ0) is 18.8. The molecule has 0 spiro atoms. The largest absolute Gasteiger partial charge is 0.461 e. The second kappa shape index (κ2) is 7.23. The number of amides is 2. The Kier molecular flexibility index (Phi) is 4.62. The maximum atomic E-state index is 13.4. The lowest BCUT2D eigenvalue weighted by molar-refractivity contribution is -0.119. The number of pyridine rings is 1. The molecule has 3 aromatic rings. The first-order valence-corrected chi connectivity index (χ1v) is 9.07. The molecule has 1 atom stereocenters. The Labute approximate surface area is 157 Å². The van der Waals surface area contributed by atoms with E-state index in [1.165, 1.54) is 0 Å². The molecule has 2 aromatic heterocycles. The van der Waals surface area contributed by atoms with Crippen molar-refractivity contribution in [2.75, 3.05) is 6.54 Å². The number of aromatic nitrogens is 1. The summed E-state index contributed by atoms with van der Waals surface area (Å²) in [6, 6.07) is 11.3. The van der Waals surface area contributed by atoms with Crippen LogP contribution in [0.2, 0.25) is 0 Å². The summed E-state index contributed by atoms with van der Waals surface area (Å²) in [4.78, 5) is 30.9. The van der Waals surface area contributed by atoms with Gasteiger partial charge in [0.15, 0.2) is 0 Å². The fourth-order valence-corrected chi connectivity index (χ4v) is 3.54. The van der Waals surface area contributed by atoms with E-state index in [1.807, 2.05) is 37.3 Å². The second-order valence-electron chi connectivity index (χ2n) is 6.93. The minimum absolute atomic E-state index is 0.0318. The smallest absolute Gasteiger partial charge is 0.258 e. The van der Waals surface area contributed by atoms with E-state index < -0.39 is 0 Å². The number of furan rings is 1. The number of fused-ring (bicyclic) bond motifs is 1. The summed E-state index contributed by atoms with van der Waals surface area (Å²) >= 11 is 0. The number of nitrogens with one attached hydrogen (secondary N) is 1. The average molecular weight is 363 g/mol. The molecule has 1 N–H and O–H groups in total. The molecule has 3 heterocycles. The zero-order valence-corrected chi connectivity index (χ0v) is 15.1. The topological polar surface area (TPSA) is 75.4 Å². The van der Waals surface area contributed by atoms with Crippen molar-refractivity contribution >= 4 is 22.8 Å². The molecular weight excluding hydrogens is 342 g/mol. The van der Waals surface area contributed by atoms with Crippen molar-refractivity contribution in [1.82, 2.24) is 15.2 Å². The molecule has 27 heavy (non-hydrogen) atoms. The van der Waals surface area contributed by atoms with Crippen molar-refractivity contribution in [2.24, 2.45) is 0 Å². The highest BCUT2D eigenvalue weighted by atomic mass is 16.3. The van der Waals surface area contributed by atoms with Gasteiger partial charge >= 0.3 is 0 Å². The average Bonchev–Trinajstić information content (AvgIpc) is 3.25. The summed E-state index contributed by atoms with van der Waals surface area (Å²) < 4.78 is 5.78. The highest BCUT2D eigenvalue weighted by Crippen LogP contribution is 2.25. The van der Waals surface area contributed by atoms with Crippen LogP contribution < -0.4 is 5.32 Å². The molecule has 6 nitrogen and oxygen atoms in total. The Hall–Kier alpha value is -3.15. The zero-order valence-electron chi connectivity index (χ0n) is 15.1. The van der Waals surface area contributed by atoms with E-state index in [2.05, 4.69) is 10.3 Å². The van der Waals surface area contributed by atoms with Crippen molar-refractivity contribution in [2.45, 2.75) is 32.4 Å². The lowest BCUT2D eigenvalue weighted by Gasteiger charge is -2.26. The summed E-state index contributed by atoms with van der Waals surface area (Å²) in [5, 5.41) is 3.86. The Balaban J connectivity index is 1.65. The third kappa shape index (κ3) is 3.69. The summed E-state index contributed by atoms with van der Waals surface area (Å²) in [7, 11) is 0. The lowest BCUT2D eigenvalue weighted by atomic mass is 10.1. The predicted octanol–water partition coefficient (Wildman–Crippen LogP) is 3.06. The van der Waals surface area contributed by atoms with Crippen LogP contribution in [0.1, 0.15) is 34.5 Å². The number of para-hydroxylation sites is 1. The van der Waals surface area contributed by atoms with E-state index in [1.54, 1.807) is 23.4 Å². The number of carbonyl (C=O) groups excluding carboxylic acids is 2. The second-order valence-corrected chi connectivity index (χ2v) is 6.93. The highest BCUT2D eigenvalue weighted by molar-refractivity contribution is 6.05. The van der Waals surface area contributed by atoms with E-state index >= 15 is 0 Å². The Morgan fingerprint density at radius 2 is 2.22 bits per heavy atom. The van der Waals surface area contributed by atoms with E-state index in [4.69, 9.17) is 4.42 Å². The fourth-order valence-electron chi connectivity index (χ4n) is 3.54. The van der Waals surface area contributed by atoms with Crippen molar-refractivity contribution in [3.8, 4) is 0 Å². The van der Waals surface area contributed by atoms with Crippen molar-refractivity contribution in [1.29, 1.82) is 0 Å². The van der Waals surface area contributed by atoms with Gasteiger partial charge in [-0.25, -0.2) is 0 Å². The van der Waals surface area contributed by atoms with Crippen LogP contribution in [-0.2, 0) is 11.3 Å². The third-order valence-electron chi connectivity index (χ3n) is 4.81. The van der Waals surface area contributed by atoms with Crippen molar-refractivity contribution < 1.29 is 14.0 Å². The molecule has 0 radical (unpaired) electrons. The molecule has 1 saturated heterocycles. The summed E-state index contributed by atoms with van der Waals surface area (Å²) in [6.07, 6.45) is 4.70. The Morgan fingerprint density at radius 3 is 2.96 bits per heavy atom. The van der Waals surface area contributed by atoms with E-state index in [-0.39, 0.29) is 17.9 Å². The quantitative estimate of drug-likeness (QED) is 0.756. The van der Waals surface area contributed by atoms with E-state index in [0.29, 0.717) is 30.7 Å². The van der Waals surface area contributed by atoms with Crippen LogP contribution >= 0.6 is 0 Å². The van der Waals surface area contributed by atoms with Gasteiger partial charge in [-0.1, -0.05) is 18.2 Å². The monoisotopic (exact) mass is 363 g/mol. The Morgan fingerprint density at radius 1 is 1.33 bits per heavy atom. The molecule has 0 unspecified atom stereocenters. The number of carbonyl (C=O) groups is 2. The van der Waals surface area contributed by atoms with Crippen LogP contribution in [0.25, 0.3) is 11.0 Å². The first kappa shape index (κ1) is 17.3. The van der Waals surface area contributed by atoms with Crippen molar-refractivity contribution in [3.05, 3.63) is 65.7 Å². The molecule has 0 bridgehead atoms. The van der Waals surface area contributed by atoms with Crippen LogP contribution in [0.4, 0.5) is 0 Å². The van der Waals surface area contributed by atoms with Crippen LogP contribution in [0.5, 0.6) is 0 Å². The highest BCUT2D eigenvalue weighted by Gasteiger charge is 2.27. The van der Waals surface area contributed by atoms with Gasteiger partial charge in [-0.05, 0) is 37.1 Å². The number of aryl methyl sites for hydroxylation is 1. The number of rotatable bonds is 5. The van der Waals surface area contributed by atoms with Gasteiger partial charge in [0.2, 0.25) is 5.91 Å². The number of hydrogen-bond donors (Lipinski definition) is 1. The fraction of sp³-hybridized carbons (Fsp3) is 0.286. The maximum absolute atomic E-state index is 13.4. The van der Waals surface area contributed by atoms with Crippen LogP contribution in [0.3, 0.4) is 0 Å². The summed E-state index contributed by atoms with van der Waals surface area (Å²) in [5.74, 6) is 0.699. The normalized spacial score (nSPS) is 16.5. The standard InChI is InChI=1S/C21H21N3O3/c1-14-10-16-5-2-6-18(20(16)27-14)21(26)24(12-15-4-3-9-22-11-15)13-17-7-8-19(25)23-17/h2-6,9-11,17H,7-8,12-13H2,1H3,(H,23,25)/t17-/m0/s1. The van der Waals surface area contributed by atoms with Crippen LogP contribution in [0.15, 0.2) is 53.2 Å². The Bertz CT molecular complexity index is 981. The van der Waals surface area contributed by atoms with Crippen LogP contribution in [0, 0.1) is 6.92 Å². The molecule has 138 valence electrons. The van der Waals surface area contributed by atoms with Crippen molar-refractivity contribution in [3.63, 3.8) is 0 Å². The van der Waals surface area contributed by atoms with Gasteiger partial charge in [0.25, 0.3) is 5.91 Å². The summed E-state index contributed by atoms with van der Waals surface area (Å²) in [6.45, 7) is 2.75. The van der Waals surface area contributed by atoms with Gasteiger partial charge in [0.1, 0.15) is 11.3 Å². The molecule has 1 aromatic carbocycles. The van der Waals surface area contributed by atoms with E-state index in [0.717, 1.165) is 23.1 Å². The molecule has 1 fully saturated rings. The predicted molar refractivity (Wildman–Crippen MR) is 101 cm³/mol. The minimum atomic E-state index is -0.111. The lowest BCUT2D eigenvalue weighted by Crippen LogP contribution is -2.41. The molecule has 2 amide bonds. The SMILES string of the molecule is Cc1cc2cccc(C(=O)N(Cc3cccnc3)C[C@@H]3CCC(=O)N3)c2o1. The molecule has 0 aliphatic carbocycles. The van der Waals surface area contributed by atoms with Gasteiger partial charge < -0.3 is 14.6 Å². The van der Waals surface area contributed by atoms with Gasteiger partial charge in [-0.2, -0.15) is 0 Å². The number of hydrogen-bond acceptors (Lipinski definition) is 4. The van der Waals surface area contributed by atoms with Crippen LogP contribution in [-0.4, -0.2) is 34.3 Å². The molecule has 0 saturated carbocycles. The number of nitrogens with zero attached hydrogens (tertiary/aromatic N) is 2. The first-order chi connectivity index (χ1) is 13.1. The maximum Gasteiger partial charge on any atom is 0.258 e. The van der Waals surface area contributed by atoms with Gasteiger partial charge in [-0.15, -0.1) is 0 Å². The van der Waals surface area contributed by atoms with Gasteiger partial charge in [-0.3, -0.25) is 14.6 Å². The van der Waals surface area contributed by atoms with Gasteiger partial charge in [0, 0.05) is 43.3 Å².